The van der Waals surface area contributed by atoms with E-state index in [1.54, 1.807) is 0 Å². The van der Waals surface area contributed by atoms with Crippen LogP contribution in [0.1, 0.15) is 52.4 Å². The molecule has 1 aliphatic rings. The van der Waals surface area contributed by atoms with Gasteiger partial charge in [0.1, 0.15) is 0 Å². The van der Waals surface area contributed by atoms with Crippen LogP contribution in [0, 0.1) is 5.41 Å². The molecule has 3 nitrogen and oxygen atoms in total. The molecule has 0 saturated carbocycles. The van der Waals surface area contributed by atoms with Gasteiger partial charge in [-0.3, -0.25) is 4.79 Å². The van der Waals surface area contributed by atoms with Crippen LogP contribution < -0.4 is 5.32 Å². The molecule has 1 N–H and O–H groups in total. The second-order valence-corrected chi connectivity index (χ2v) is 5.30. The Bertz CT molecular complexity index is 226. The third kappa shape index (κ3) is 3.98. The Balaban J connectivity index is 2.33. The monoisotopic (exact) mass is 240 g/mol. The van der Waals surface area contributed by atoms with Crippen molar-refractivity contribution < 1.29 is 4.79 Å². The Kier molecular flexibility index (Phi) is 5.96. The third-order valence-corrected chi connectivity index (χ3v) is 4.49. The Labute approximate surface area is 106 Å². The first-order valence-electron chi connectivity index (χ1n) is 7.10. The van der Waals surface area contributed by atoms with Gasteiger partial charge in [0.25, 0.3) is 0 Å². The fraction of sp³-hybridized carbons (Fsp3) is 0.929. The molecule has 1 amide bonds. The van der Waals surface area contributed by atoms with Gasteiger partial charge in [0.05, 0.1) is 0 Å². The van der Waals surface area contributed by atoms with Gasteiger partial charge in [-0.2, -0.15) is 0 Å². The van der Waals surface area contributed by atoms with E-state index in [1.165, 1.54) is 25.7 Å². The van der Waals surface area contributed by atoms with Crippen LogP contribution in [0.25, 0.3) is 0 Å². The van der Waals surface area contributed by atoms with Crippen LogP contribution in [0.3, 0.4) is 0 Å². The van der Waals surface area contributed by atoms with Gasteiger partial charge in [-0.05, 0) is 38.3 Å². The van der Waals surface area contributed by atoms with Gasteiger partial charge in [0, 0.05) is 19.5 Å². The predicted molar refractivity (Wildman–Crippen MR) is 72.0 cm³/mol. The van der Waals surface area contributed by atoms with Gasteiger partial charge in [0.15, 0.2) is 0 Å². The molecule has 0 radical (unpaired) electrons. The van der Waals surface area contributed by atoms with E-state index in [-0.39, 0.29) is 0 Å². The lowest BCUT2D eigenvalue weighted by Gasteiger charge is -2.41. The molecule has 0 aromatic rings. The maximum atomic E-state index is 12.0. The molecule has 1 rings (SSSR count). The average molecular weight is 240 g/mol. The molecular weight excluding hydrogens is 212 g/mol. The molecule has 0 bridgehead atoms. The summed E-state index contributed by atoms with van der Waals surface area (Å²) < 4.78 is 0. The highest BCUT2D eigenvalue weighted by molar-refractivity contribution is 5.76. The second kappa shape index (κ2) is 7.00. The van der Waals surface area contributed by atoms with E-state index in [0.29, 0.717) is 17.7 Å². The number of nitrogens with zero attached hydrogens (tertiary/aromatic N) is 1. The van der Waals surface area contributed by atoms with Crippen LogP contribution in [0.4, 0.5) is 0 Å². The average Bonchev–Trinajstić information content (AvgIpc) is 2.39. The summed E-state index contributed by atoms with van der Waals surface area (Å²) in [4.78, 5) is 14.0. The first-order valence-corrected chi connectivity index (χ1v) is 7.10. The zero-order valence-corrected chi connectivity index (χ0v) is 11.7. The number of carbonyl (C=O) groups is 1. The number of amides is 1. The number of rotatable bonds is 6. The molecule has 0 aromatic heterocycles. The van der Waals surface area contributed by atoms with E-state index < -0.39 is 0 Å². The highest BCUT2D eigenvalue weighted by Gasteiger charge is 2.32. The fourth-order valence-electron chi connectivity index (χ4n) is 2.76. The van der Waals surface area contributed by atoms with Gasteiger partial charge in [0.2, 0.25) is 5.91 Å². The topological polar surface area (TPSA) is 32.3 Å². The second-order valence-electron chi connectivity index (χ2n) is 5.30. The number of likely N-dealkylation sites (tertiary alicyclic amines) is 1. The molecule has 0 aromatic carbocycles. The molecule has 0 atom stereocenters. The van der Waals surface area contributed by atoms with Crippen LogP contribution in [0.15, 0.2) is 0 Å². The minimum atomic E-state index is 0.348. The van der Waals surface area contributed by atoms with Crippen molar-refractivity contribution in [3.8, 4) is 0 Å². The van der Waals surface area contributed by atoms with Crippen molar-refractivity contribution in [2.45, 2.75) is 52.4 Å². The van der Waals surface area contributed by atoms with Crippen molar-refractivity contribution >= 4 is 5.91 Å². The normalized spacial score (nSPS) is 19.4. The van der Waals surface area contributed by atoms with Crippen LogP contribution in [-0.2, 0) is 4.79 Å². The van der Waals surface area contributed by atoms with E-state index in [1.807, 2.05) is 7.05 Å². The zero-order valence-electron chi connectivity index (χ0n) is 11.7. The lowest BCUT2D eigenvalue weighted by molar-refractivity contribution is -0.133. The van der Waals surface area contributed by atoms with Crippen LogP contribution in [0.2, 0.25) is 0 Å². The van der Waals surface area contributed by atoms with Gasteiger partial charge < -0.3 is 10.2 Å². The Morgan fingerprint density at radius 2 is 1.82 bits per heavy atom. The van der Waals surface area contributed by atoms with E-state index in [9.17, 15) is 4.79 Å². The van der Waals surface area contributed by atoms with Crippen molar-refractivity contribution in [2.24, 2.45) is 5.41 Å². The Hall–Kier alpha value is -0.570. The van der Waals surface area contributed by atoms with Crippen LogP contribution in [0.5, 0.6) is 0 Å². The quantitative estimate of drug-likeness (QED) is 0.723. The molecule has 17 heavy (non-hydrogen) atoms. The standard InChI is InChI=1S/C14H28N2O/c1-4-14(5-2)8-11-16(12-9-14)13(17)7-6-10-15-3/h15H,4-12H2,1-3H3. The predicted octanol–water partition coefficient (Wildman–Crippen LogP) is 2.41. The van der Waals surface area contributed by atoms with E-state index in [2.05, 4.69) is 24.1 Å². The molecule has 0 aliphatic carbocycles. The molecular formula is C14H28N2O. The number of hydrogen-bond acceptors (Lipinski definition) is 2. The maximum Gasteiger partial charge on any atom is 0.222 e. The lowest BCUT2D eigenvalue weighted by Crippen LogP contribution is -2.42. The van der Waals surface area contributed by atoms with Crippen molar-refractivity contribution in [3.63, 3.8) is 0 Å². The number of carbonyl (C=O) groups excluding carboxylic acids is 1. The highest BCUT2D eigenvalue weighted by Crippen LogP contribution is 2.37. The molecule has 100 valence electrons. The first-order chi connectivity index (χ1) is 8.17. The first kappa shape index (κ1) is 14.5. The molecule has 0 unspecified atom stereocenters. The molecule has 1 saturated heterocycles. The number of piperidine rings is 1. The van der Waals surface area contributed by atoms with Gasteiger partial charge in [-0.1, -0.05) is 26.7 Å². The summed E-state index contributed by atoms with van der Waals surface area (Å²) in [5, 5.41) is 3.09. The zero-order chi connectivity index (χ0) is 12.7. The van der Waals surface area contributed by atoms with E-state index in [0.717, 1.165) is 26.1 Å². The summed E-state index contributed by atoms with van der Waals surface area (Å²) in [5.41, 5.74) is 0.516. The van der Waals surface area contributed by atoms with Crippen molar-refractivity contribution in [2.75, 3.05) is 26.7 Å². The number of hydrogen-bond donors (Lipinski definition) is 1. The smallest absolute Gasteiger partial charge is 0.222 e. The Morgan fingerprint density at radius 1 is 1.24 bits per heavy atom. The molecule has 1 aliphatic heterocycles. The van der Waals surface area contributed by atoms with Crippen molar-refractivity contribution in [3.05, 3.63) is 0 Å². The molecule has 1 heterocycles. The van der Waals surface area contributed by atoms with Crippen molar-refractivity contribution in [1.82, 2.24) is 10.2 Å². The largest absolute Gasteiger partial charge is 0.343 e. The minimum absolute atomic E-state index is 0.348. The van der Waals surface area contributed by atoms with Crippen LogP contribution >= 0.6 is 0 Å². The summed E-state index contributed by atoms with van der Waals surface area (Å²) in [6.45, 7) is 7.45. The number of nitrogens with one attached hydrogen (secondary N) is 1. The minimum Gasteiger partial charge on any atom is -0.343 e. The molecule has 0 spiro atoms. The SMILES string of the molecule is CCC1(CC)CCN(C(=O)CCCNC)CC1. The summed E-state index contributed by atoms with van der Waals surface area (Å²) in [6, 6.07) is 0. The van der Waals surface area contributed by atoms with Crippen molar-refractivity contribution in [1.29, 1.82) is 0 Å². The fourth-order valence-corrected chi connectivity index (χ4v) is 2.76. The Morgan fingerprint density at radius 3 is 2.29 bits per heavy atom. The summed E-state index contributed by atoms with van der Waals surface area (Å²) in [6.07, 6.45) is 6.55. The molecule has 3 heteroatoms. The highest BCUT2D eigenvalue weighted by atomic mass is 16.2. The third-order valence-electron chi connectivity index (χ3n) is 4.49. The van der Waals surface area contributed by atoms with E-state index >= 15 is 0 Å². The molecule has 1 fully saturated rings. The maximum absolute atomic E-state index is 12.0. The van der Waals surface area contributed by atoms with Crippen LogP contribution in [-0.4, -0.2) is 37.5 Å². The summed E-state index contributed by atoms with van der Waals surface area (Å²) >= 11 is 0. The summed E-state index contributed by atoms with van der Waals surface area (Å²) in [5.74, 6) is 0.348. The summed E-state index contributed by atoms with van der Waals surface area (Å²) in [7, 11) is 1.93. The van der Waals surface area contributed by atoms with Gasteiger partial charge in [-0.25, -0.2) is 0 Å². The van der Waals surface area contributed by atoms with Gasteiger partial charge >= 0.3 is 0 Å². The lowest BCUT2D eigenvalue weighted by atomic mass is 9.74. The van der Waals surface area contributed by atoms with E-state index in [4.69, 9.17) is 0 Å². The van der Waals surface area contributed by atoms with Gasteiger partial charge in [-0.15, -0.1) is 0 Å².